The molecular weight excluding hydrogens is 341 g/mol. The van der Waals surface area contributed by atoms with Crippen molar-refractivity contribution in [3.05, 3.63) is 30.7 Å². The van der Waals surface area contributed by atoms with Crippen LogP contribution in [0.4, 0.5) is 0 Å². The second-order valence-corrected chi connectivity index (χ2v) is 5.17. The Bertz CT molecular complexity index is 537. The predicted octanol–water partition coefficient (Wildman–Crippen LogP) is 2.69. The van der Waals surface area contributed by atoms with Gasteiger partial charge in [0, 0.05) is 24.0 Å². The first-order chi connectivity index (χ1) is 8.52. The zero-order valence-corrected chi connectivity index (χ0v) is 13.1. The molecule has 3 nitrogen and oxygen atoms in total. The number of nitrogens with one attached hydrogen (secondary N) is 1. The lowest BCUT2D eigenvalue weighted by Gasteiger charge is -2.16. The number of pyridine rings is 1. The van der Waals surface area contributed by atoms with Crippen molar-refractivity contribution < 1.29 is 5.11 Å². The smallest absolute Gasteiger partial charge is 0.252 e. The number of hydrogen-bond donors (Lipinski definition) is 2. The number of H-pyrrole nitrogens is 1. The van der Waals surface area contributed by atoms with E-state index in [0.29, 0.717) is 18.4 Å². The SMILES string of the molecule is CCC#CCc1c(I)[nH]c(=O)c(C)c1C(O)CC. The minimum atomic E-state index is -0.598. The molecule has 1 heterocycles. The summed E-state index contributed by atoms with van der Waals surface area (Å²) in [6.45, 7) is 5.65. The monoisotopic (exact) mass is 359 g/mol. The highest BCUT2D eigenvalue weighted by atomic mass is 127. The Morgan fingerprint density at radius 1 is 1.39 bits per heavy atom. The number of aliphatic hydroxyl groups excluding tert-OH is 1. The van der Waals surface area contributed by atoms with Gasteiger partial charge in [-0.1, -0.05) is 19.8 Å². The highest BCUT2D eigenvalue weighted by molar-refractivity contribution is 14.1. The molecule has 0 spiro atoms. The van der Waals surface area contributed by atoms with Gasteiger partial charge in [0.15, 0.2) is 0 Å². The summed E-state index contributed by atoms with van der Waals surface area (Å²) in [5.74, 6) is 6.09. The molecule has 0 aromatic carbocycles. The lowest BCUT2D eigenvalue weighted by Crippen LogP contribution is -2.19. The standard InChI is InChI=1S/C14H18INO2/c1-4-6-7-8-10-12(11(17)5-2)9(3)14(18)16-13(10)15/h11,17H,4-5,8H2,1-3H3,(H,16,18). The van der Waals surface area contributed by atoms with Crippen molar-refractivity contribution in [2.45, 2.75) is 46.1 Å². The second kappa shape index (κ2) is 6.95. The molecule has 0 saturated heterocycles. The van der Waals surface area contributed by atoms with E-state index in [1.54, 1.807) is 6.92 Å². The number of halogens is 1. The van der Waals surface area contributed by atoms with Gasteiger partial charge < -0.3 is 10.1 Å². The summed E-state index contributed by atoms with van der Waals surface area (Å²) < 4.78 is 0.774. The van der Waals surface area contributed by atoms with Crippen LogP contribution in [0.5, 0.6) is 0 Å². The average molecular weight is 359 g/mol. The summed E-state index contributed by atoms with van der Waals surface area (Å²) in [5.41, 5.74) is 2.16. The maximum atomic E-state index is 11.8. The maximum absolute atomic E-state index is 11.8. The molecule has 1 atom stereocenters. The molecule has 1 aromatic rings. The van der Waals surface area contributed by atoms with Gasteiger partial charge in [-0.3, -0.25) is 4.79 Å². The van der Waals surface area contributed by atoms with E-state index in [2.05, 4.69) is 39.4 Å². The van der Waals surface area contributed by atoms with Crippen LogP contribution in [0, 0.1) is 22.5 Å². The van der Waals surface area contributed by atoms with Crippen molar-refractivity contribution in [1.82, 2.24) is 4.98 Å². The molecule has 0 aliphatic carbocycles. The number of aliphatic hydroxyl groups is 1. The lowest BCUT2D eigenvalue weighted by molar-refractivity contribution is 0.171. The third-order valence-corrected chi connectivity index (χ3v) is 3.77. The lowest BCUT2D eigenvalue weighted by atomic mass is 9.96. The predicted molar refractivity (Wildman–Crippen MR) is 81.5 cm³/mol. The Hall–Kier alpha value is -0.800. The van der Waals surface area contributed by atoms with Crippen molar-refractivity contribution in [2.75, 3.05) is 0 Å². The van der Waals surface area contributed by atoms with E-state index < -0.39 is 6.10 Å². The molecule has 0 bridgehead atoms. The summed E-state index contributed by atoms with van der Waals surface area (Å²) >= 11 is 2.10. The molecule has 0 saturated carbocycles. The highest BCUT2D eigenvalue weighted by Gasteiger charge is 2.18. The number of rotatable bonds is 3. The van der Waals surface area contributed by atoms with E-state index in [9.17, 15) is 9.90 Å². The van der Waals surface area contributed by atoms with Crippen LogP contribution in [0.25, 0.3) is 0 Å². The molecule has 98 valence electrons. The molecule has 0 amide bonds. The molecule has 1 aromatic heterocycles. The fourth-order valence-electron chi connectivity index (χ4n) is 1.84. The van der Waals surface area contributed by atoms with Crippen LogP contribution in [-0.2, 0) is 6.42 Å². The fourth-order valence-corrected chi connectivity index (χ4v) is 2.57. The Balaban J connectivity index is 3.37. The number of aromatic amines is 1. The van der Waals surface area contributed by atoms with Gasteiger partial charge in [0.05, 0.1) is 9.80 Å². The van der Waals surface area contributed by atoms with Crippen LogP contribution in [-0.4, -0.2) is 10.1 Å². The first-order valence-corrected chi connectivity index (χ1v) is 7.15. The van der Waals surface area contributed by atoms with Crippen molar-refractivity contribution in [3.8, 4) is 11.8 Å². The largest absolute Gasteiger partial charge is 0.388 e. The van der Waals surface area contributed by atoms with Gasteiger partial charge in [-0.2, -0.15) is 0 Å². The molecule has 0 aliphatic heterocycles. The summed E-state index contributed by atoms with van der Waals surface area (Å²) in [5, 5.41) is 10.1. The van der Waals surface area contributed by atoms with E-state index >= 15 is 0 Å². The summed E-state index contributed by atoms with van der Waals surface area (Å²) in [6, 6.07) is 0. The van der Waals surface area contributed by atoms with Crippen LogP contribution in [0.3, 0.4) is 0 Å². The van der Waals surface area contributed by atoms with E-state index in [0.717, 1.165) is 21.2 Å². The third-order valence-electron chi connectivity index (χ3n) is 2.84. The maximum Gasteiger partial charge on any atom is 0.252 e. The molecule has 0 radical (unpaired) electrons. The van der Waals surface area contributed by atoms with Crippen LogP contribution in [0.15, 0.2) is 4.79 Å². The number of aromatic nitrogens is 1. The molecule has 4 heteroatoms. The fraction of sp³-hybridized carbons (Fsp3) is 0.500. The van der Waals surface area contributed by atoms with Crippen LogP contribution < -0.4 is 5.56 Å². The molecule has 2 N–H and O–H groups in total. The zero-order valence-electron chi connectivity index (χ0n) is 10.9. The Kier molecular flexibility index (Phi) is 5.89. The van der Waals surface area contributed by atoms with Gasteiger partial charge in [0.2, 0.25) is 0 Å². The van der Waals surface area contributed by atoms with Gasteiger partial charge in [0.1, 0.15) is 0 Å². The van der Waals surface area contributed by atoms with Crippen molar-refractivity contribution in [3.63, 3.8) is 0 Å². The normalized spacial score (nSPS) is 11.8. The summed E-state index contributed by atoms with van der Waals surface area (Å²) in [7, 11) is 0. The molecular formula is C14H18INO2. The Labute approximate surface area is 121 Å². The zero-order chi connectivity index (χ0) is 13.7. The van der Waals surface area contributed by atoms with Crippen LogP contribution in [0.1, 0.15) is 49.5 Å². The van der Waals surface area contributed by atoms with Crippen LogP contribution in [0.2, 0.25) is 0 Å². The molecule has 0 fully saturated rings. The molecule has 1 rings (SSSR count). The van der Waals surface area contributed by atoms with E-state index in [4.69, 9.17) is 0 Å². The molecule has 0 aliphatic rings. The topological polar surface area (TPSA) is 53.1 Å². The summed E-state index contributed by atoms with van der Waals surface area (Å²) in [6.07, 6.45) is 1.37. The average Bonchev–Trinajstić information content (AvgIpc) is 2.35. The van der Waals surface area contributed by atoms with E-state index in [1.165, 1.54) is 0 Å². The minimum absolute atomic E-state index is 0.130. The third kappa shape index (κ3) is 3.36. The Morgan fingerprint density at radius 2 is 2.06 bits per heavy atom. The first-order valence-electron chi connectivity index (χ1n) is 6.07. The first kappa shape index (κ1) is 15.3. The van der Waals surface area contributed by atoms with Gasteiger partial charge in [-0.05, 0) is 41.5 Å². The van der Waals surface area contributed by atoms with Gasteiger partial charge >= 0.3 is 0 Å². The second-order valence-electron chi connectivity index (χ2n) is 4.09. The van der Waals surface area contributed by atoms with Gasteiger partial charge in [-0.15, -0.1) is 5.92 Å². The van der Waals surface area contributed by atoms with E-state index in [-0.39, 0.29) is 5.56 Å². The van der Waals surface area contributed by atoms with Gasteiger partial charge in [0.25, 0.3) is 5.56 Å². The van der Waals surface area contributed by atoms with Crippen molar-refractivity contribution >= 4 is 22.6 Å². The quantitative estimate of drug-likeness (QED) is 0.495. The Morgan fingerprint density at radius 3 is 2.61 bits per heavy atom. The molecule has 18 heavy (non-hydrogen) atoms. The van der Waals surface area contributed by atoms with E-state index in [1.807, 2.05) is 13.8 Å². The van der Waals surface area contributed by atoms with Crippen molar-refractivity contribution in [1.29, 1.82) is 0 Å². The minimum Gasteiger partial charge on any atom is -0.388 e. The highest BCUT2D eigenvalue weighted by Crippen LogP contribution is 2.25. The summed E-state index contributed by atoms with van der Waals surface area (Å²) in [4.78, 5) is 14.6. The van der Waals surface area contributed by atoms with Crippen LogP contribution >= 0.6 is 22.6 Å². The molecule has 1 unspecified atom stereocenters. The van der Waals surface area contributed by atoms with Crippen molar-refractivity contribution in [2.24, 2.45) is 0 Å². The number of hydrogen-bond acceptors (Lipinski definition) is 2. The van der Waals surface area contributed by atoms with Gasteiger partial charge in [-0.25, -0.2) is 0 Å².